The number of aromatic nitrogens is 2. The van der Waals surface area contributed by atoms with E-state index < -0.39 is 0 Å². The molecule has 0 N–H and O–H groups in total. The van der Waals surface area contributed by atoms with Crippen LogP contribution in [0.5, 0.6) is 0 Å². The molecule has 0 fully saturated rings. The van der Waals surface area contributed by atoms with Gasteiger partial charge < -0.3 is 19.6 Å². The highest BCUT2D eigenvalue weighted by atomic mass is 15.2. The quantitative estimate of drug-likeness (QED) is 0.0852. The molecule has 2 heterocycles. The Hall–Kier alpha value is -12.6. The fraction of sp³-hybridized carbons (Fsp3) is 0.0833. The van der Waals surface area contributed by atoms with Gasteiger partial charge >= 0.3 is 0 Å². The summed E-state index contributed by atoms with van der Waals surface area (Å²) in [6.07, 6.45) is 0. The van der Waals surface area contributed by atoms with E-state index in [1.165, 1.54) is 44.5 Å². The molecule has 0 aliphatic carbocycles. The fourth-order valence-electron chi connectivity index (χ4n) is 13.3. The van der Waals surface area contributed by atoms with Crippen molar-refractivity contribution in [2.24, 2.45) is 0 Å². The Kier molecular flexibility index (Phi) is 18.4. The summed E-state index contributed by atoms with van der Waals surface area (Å²) in [6, 6.07) is 123. The third-order valence-corrected chi connectivity index (χ3v) is 19.2. The monoisotopic (exact) mass is 1320 g/mol. The maximum Gasteiger partial charge on any atom is 0.0715 e. The molecule has 0 aliphatic rings. The first-order valence-electron chi connectivity index (χ1n) is 35.1. The van der Waals surface area contributed by atoms with Crippen molar-refractivity contribution in [1.29, 1.82) is 0 Å². The van der Waals surface area contributed by atoms with Gasteiger partial charge in [-0.05, 0) is 248 Å². The van der Waals surface area contributed by atoms with Crippen LogP contribution in [0.1, 0.15) is 44.5 Å². The number of benzene rings is 13. The predicted molar refractivity (Wildman–Crippen MR) is 431 cm³/mol. The first-order valence-corrected chi connectivity index (χ1v) is 35.1. The van der Waals surface area contributed by atoms with Crippen molar-refractivity contribution in [3.8, 4) is 67.3 Å². The van der Waals surface area contributed by atoms with Crippen LogP contribution in [0.15, 0.2) is 340 Å². The van der Waals surface area contributed by atoms with E-state index in [1.54, 1.807) is 0 Å². The molecule has 6 nitrogen and oxygen atoms in total. The van der Waals surface area contributed by atoms with Gasteiger partial charge in [-0.2, -0.15) is 0 Å². The third kappa shape index (κ3) is 14.3. The van der Waals surface area contributed by atoms with Crippen LogP contribution in [0.4, 0.5) is 68.2 Å². The van der Waals surface area contributed by atoms with Gasteiger partial charge in [0.15, 0.2) is 0 Å². The van der Waals surface area contributed by atoms with Crippen molar-refractivity contribution in [2.75, 3.05) is 19.6 Å². The number of hydrogen-bond acceptors (Lipinski definition) is 6. The van der Waals surface area contributed by atoms with E-state index in [0.717, 1.165) is 136 Å². The molecule has 0 saturated carbocycles. The predicted octanol–water partition coefficient (Wildman–Crippen LogP) is 26.8. The Morgan fingerprint density at radius 3 is 0.392 bits per heavy atom. The van der Waals surface area contributed by atoms with Crippen LogP contribution in [0, 0.1) is 55.4 Å². The molecule has 0 unspecified atom stereocenters. The molecule has 102 heavy (non-hydrogen) atoms. The summed E-state index contributed by atoms with van der Waals surface area (Å²) >= 11 is 0. The maximum atomic E-state index is 5.53. The molecule has 15 rings (SSSR count). The van der Waals surface area contributed by atoms with Crippen LogP contribution in [-0.4, -0.2) is 9.97 Å². The molecular formula is C96H80N6. The van der Waals surface area contributed by atoms with Crippen LogP contribution in [0.2, 0.25) is 0 Å². The molecule has 0 atom stereocenters. The molecule has 0 aliphatic heterocycles. The van der Waals surface area contributed by atoms with Crippen molar-refractivity contribution < 1.29 is 0 Å². The summed E-state index contributed by atoms with van der Waals surface area (Å²) < 4.78 is 0. The van der Waals surface area contributed by atoms with E-state index in [0.29, 0.717) is 0 Å². The number of hydrogen-bond donors (Lipinski definition) is 0. The molecule has 2 aromatic heterocycles. The Bertz CT molecular complexity index is 4530. The summed E-state index contributed by atoms with van der Waals surface area (Å²) in [4.78, 5) is 20.3. The molecule has 0 saturated heterocycles. The highest BCUT2D eigenvalue weighted by Crippen LogP contribution is 2.43. The smallest absolute Gasteiger partial charge is 0.0715 e. The number of aryl methyl sites for hydroxylation is 8. The van der Waals surface area contributed by atoms with E-state index in [9.17, 15) is 0 Å². The molecule has 494 valence electrons. The summed E-state index contributed by atoms with van der Waals surface area (Å²) in [7, 11) is 0. The summed E-state index contributed by atoms with van der Waals surface area (Å²) in [5, 5.41) is 0. The molecule has 6 heteroatoms. The summed E-state index contributed by atoms with van der Waals surface area (Å²) in [6.45, 7) is 17.1. The minimum absolute atomic E-state index is 0.877. The minimum atomic E-state index is 0.877. The molecule has 13 aromatic carbocycles. The lowest BCUT2D eigenvalue weighted by atomic mass is 9.96. The van der Waals surface area contributed by atoms with Crippen LogP contribution in [0.3, 0.4) is 0 Å². The van der Waals surface area contributed by atoms with Crippen LogP contribution in [-0.2, 0) is 0 Å². The van der Waals surface area contributed by atoms with Gasteiger partial charge in [-0.3, -0.25) is 0 Å². The normalized spacial score (nSPS) is 11.1. The van der Waals surface area contributed by atoms with E-state index in [-0.39, 0.29) is 0 Å². The fourth-order valence-corrected chi connectivity index (χ4v) is 13.3. The highest BCUT2D eigenvalue weighted by Gasteiger charge is 2.21. The Labute approximate surface area is 601 Å². The molecule has 0 radical (unpaired) electrons. The minimum Gasteiger partial charge on any atom is -0.311 e. The standard InChI is InChI=1S/C96H80N6/c1-65-9-37-81(38-10-65)99(82-39-11-66(2)12-40-82)89-53-29-75(30-54-89)93-61-79(62-94(97-93)76-31-55-90(56-32-76)100(83-41-13-67(3)14-42-83)84-43-15-68(4)16-44-84)73-25-27-74(28-26-73)80-63-95(77-33-57-91(58-34-77)101(85-45-17-69(5)18-46-85)86-47-19-70(6)20-48-86)98-96(64-80)78-35-59-92(60-36-78)102(87-49-21-71(7)22-50-87)88-51-23-72(8)24-52-88/h9-64H,1-8H3. The van der Waals surface area contributed by atoms with Gasteiger partial charge in [0.1, 0.15) is 0 Å². The first-order chi connectivity index (χ1) is 49.7. The van der Waals surface area contributed by atoms with Gasteiger partial charge in [0.05, 0.1) is 22.8 Å². The lowest BCUT2D eigenvalue weighted by Gasteiger charge is -2.26. The van der Waals surface area contributed by atoms with E-state index in [2.05, 4.69) is 415 Å². The van der Waals surface area contributed by atoms with Crippen LogP contribution in [0.25, 0.3) is 67.3 Å². The van der Waals surface area contributed by atoms with Crippen LogP contribution >= 0.6 is 0 Å². The van der Waals surface area contributed by atoms with Gasteiger partial charge in [0.25, 0.3) is 0 Å². The van der Waals surface area contributed by atoms with Gasteiger partial charge in [-0.25, -0.2) is 9.97 Å². The lowest BCUT2D eigenvalue weighted by Crippen LogP contribution is -2.10. The second kappa shape index (κ2) is 28.7. The molecule has 0 bridgehead atoms. The molecule has 0 spiro atoms. The van der Waals surface area contributed by atoms with Crippen molar-refractivity contribution in [2.45, 2.75) is 55.4 Å². The number of rotatable bonds is 18. The number of anilines is 12. The van der Waals surface area contributed by atoms with E-state index in [1.807, 2.05) is 0 Å². The Balaban J connectivity index is 0.822. The second-order valence-electron chi connectivity index (χ2n) is 27.0. The van der Waals surface area contributed by atoms with Gasteiger partial charge in [-0.1, -0.05) is 214 Å². The second-order valence-corrected chi connectivity index (χ2v) is 27.0. The first kappa shape index (κ1) is 65.3. The Morgan fingerprint density at radius 2 is 0.255 bits per heavy atom. The van der Waals surface area contributed by atoms with E-state index >= 15 is 0 Å². The van der Waals surface area contributed by atoms with Gasteiger partial charge in [0, 0.05) is 90.5 Å². The summed E-state index contributed by atoms with van der Waals surface area (Å²) in [5.74, 6) is 0. The van der Waals surface area contributed by atoms with Crippen LogP contribution < -0.4 is 19.6 Å². The highest BCUT2D eigenvalue weighted by molar-refractivity contribution is 5.86. The molecule has 15 aromatic rings. The largest absolute Gasteiger partial charge is 0.311 e. The molecular weight excluding hydrogens is 1240 g/mol. The average Bonchev–Trinajstić information content (AvgIpc) is 1.13. The third-order valence-electron chi connectivity index (χ3n) is 19.2. The average molecular weight is 1320 g/mol. The van der Waals surface area contributed by atoms with E-state index in [4.69, 9.17) is 9.97 Å². The summed E-state index contributed by atoms with van der Waals surface area (Å²) in [5.41, 5.74) is 34.6. The zero-order valence-corrected chi connectivity index (χ0v) is 59.0. The molecule has 0 amide bonds. The number of nitrogens with zero attached hydrogens (tertiary/aromatic N) is 6. The number of pyridine rings is 2. The topological polar surface area (TPSA) is 38.7 Å². The zero-order valence-electron chi connectivity index (χ0n) is 59.0. The SMILES string of the molecule is Cc1ccc(N(c2ccc(C)cc2)c2ccc(-c3cc(-c4ccc(-c5cc(-c6ccc(N(c7ccc(C)cc7)c7ccc(C)cc7)cc6)nc(-c6ccc(N(c7ccc(C)cc7)c7ccc(C)cc7)cc6)c5)cc4)cc(-c4ccc(N(c5ccc(C)cc5)c5ccc(C)cc5)cc4)n3)cc2)cc1. The van der Waals surface area contributed by atoms with Crippen molar-refractivity contribution in [3.63, 3.8) is 0 Å². The van der Waals surface area contributed by atoms with Crippen molar-refractivity contribution in [1.82, 2.24) is 9.97 Å². The van der Waals surface area contributed by atoms with Crippen molar-refractivity contribution in [3.05, 3.63) is 384 Å². The zero-order chi connectivity index (χ0) is 69.8. The lowest BCUT2D eigenvalue weighted by molar-refractivity contribution is 1.26. The maximum absolute atomic E-state index is 5.53. The van der Waals surface area contributed by atoms with Gasteiger partial charge in [-0.15, -0.1) is 0 Å². The van der Waals surface area contributed by atoms with Gasteiger partial charge in [0.2, 0.25) is 0 Å². The Morgan fingerprint density at radius 1 is 0.137 bits per heavy atom. The van der Waals surface area contributed by atoms with Crippen molar-refractivity contribution >= 4 is 68.2 Å².